The Balaban J connectivity index is 1.67. The lowest BCUT2D eigenvalue weighted by atomic mass is 9.79. The third kappa shape index (κ3) is 5.31. The third-order valence-electron chi connectivity index (χ3n) is 5.91. The van der Waals surface area contributed by atoms with Crippen LogP contribution < -0.4 is 0 Å². The molecule has 2 aromatic rings. The molecule has 0 fully saturated rings. The van der Waals surface area contributed by atoms with Gasteiger partial charge in [0, 0.05) is 0 Å². The number of rotatable bonds is 8. The number of hydrogen-bond donors (Lipinski definition) is 0. The maximum absolute atomic E-state index is 14.8. The highest BCUT2D eigenvalue weighted by Gasteiger charge is 2.22. The van der Waals surface area contributed by atoms with Gasteiger partial charge in [-0.05, 0) is 91.7 Å². The fourth-order valence-electron chi connectivity index (χ4n) is 4.28. The highest BCUT2D eigenvalue weighted by molar-refractivity contribution is 5.38. The molecule has 3 rings (SSSR count). The van der Waals surface area contributed by atoms with Crippen molar-refractivity contribution in [2.75, 3.05) is 0 Å². The molecule has 0 aliphatic heterocycles. The largest absolute Gasteiger partial charge is 0.207 e. The Kier molecular flexibility index (Phi) is 7.26. The van der Waals surface area contributed by atoms with Crippen molar-refractivity contribution in [2.45, 2.75) is 77.6 Å². The van der Waals surface area contributed by atoms with Crippen LogP contribution in [0.1, 0.15) is 79.7 Å². The van der Waals surface area contributed by atoms with E-state index in [9.17, 15) is 4.39 Å². The Morgan fingerprint density at radius 1 is 1.00 bits per heavy atom. The van der Waals surface area contributed by atoms with E-state index < -0.39 is 0 Å². The first kappa shape index (κ1) is 19.9. The van der Waals surface area contributed by atoms with E-state index in [0.29, 0.717) is 5.92 Å². The lowest BCUT2D eigenvalue weighted by Gasteiger charge is -2.26. The molecule has 2 aromatic carbocycles. The highest BCUT2D eigenvalue weighted by atomic mass is 19.1. The van der Waals surface area contributed by atoms with Gasteiger partial charge in [0.15, 0.2) is 0 Å². The molecule has 0 nitrogen and oxygen atoms in total. The van der Waals surface area contributed by atoms with Crippen LogP contribution >= 0.6 is 0 Å². The number of benzene rings is 2. The molecule has 1 heteroatoms. The van der Waals surface area contributed by atoms with Crippen LogP contribution in [0, 0.1) is 5.82 Å². The maximum atomic E-state index is 14.8. The molecule has 0 bridgehead atoms. The maximum Gasteiger partial charge on any atom is 0.126 e. The molecule has 0 N–H and O–H groups in total. The molecular weight excluding hydrogens is 331 g/mol. The SMILES string of the molecule is C/C=C/CCc1ccc2c(c1)CCC(c1ccc(CCCCC)cc1F)C2. The normalized spacial score (nSPS) is 16.6. The molecular formula is C26H33F. The topological polar surface area (TPSA) is 0 Å². The number of unbranched alkanes of at least 4 members (excludes halogenated alkanes) is 2. The number of halogens is 1. The summed E-state index contributed by atoms with van der Waals surface area (Å²) in [6, 6.07) is 12.9. The van der Waals surface area contributed by atoms with E-state index in [-0.39, 0.29) is 5.82 Å². The Bertz CT molecular complexity index is 772. The van der Waals surface area contributed by atoms with E-state index in [4.69, 9.17) is 0 Å². The second-order valence-electron chi connectivity index (χ2n) is 7.96. The minimum Gasteiger partial charge on any atom is -0.207 e. The Morgan fingerprint density at radius 2 is 1.81 bits per heavy atom. The summed E-state index contributed by atoms with van der Waals surface area (Å²) in [4.78, 5) is 0. The van der Waals surface area contributed by atoms with Crippen molar-refractivity contribution in [3.8, 4) is 0 Å². The van der Waals surface area contributed by atoms with E-state index in [0.717, 1.165) is 56.1 Å². The summed E-state index contributed by atoms with van der Waals surface area (Å²) in [7, 11) is 0. The standard InChI is InChI=1S/C26H33F/c1-3-5-7-9-20-11-13-23-19-24(15-14-22(23)17-20)25-16-12-21(18-26(25)27)10-8-6-4-2/h3,5,11-13,16-18,24H,4,6-10,14-15,19H2,1-2H3/b5-3+. The fraction of sp³-hybridized carbons (Fsp3) is 0.462. The molecule has 27 heavy (non-hydrogen) atoms. The summed E-state index contributed by atoms with van der Waals surface area (Å²) in [5, 5.41) is 0. The molecule has 1 aliphatic carbocycles. The number of hydrogen-bond acceptors (Lipinski definition) is 0. The molecule has 0 radical (unpaired) electrons. The first-order valence-electron chi connectivity index (χ1n) is 10.7. The van der Waals surface area contributed by atoms with Crippen molar-refractivity contribution in [1.29, 1.82) is 0 Å². The van der Waals surface area contributed by atoms with Gasteiger partial charge in [-0.1, -0.05) is 62.2 Å². The highest BCUT2D eigenvalue weighted by Crippen LogP contribution is 2.34. The van der Waals surface area contributed by atoms with Gasteiger partial charge in [0.2, 0.25) is 0 Å². The van der Waals surface area contributed by atoms with Gasteiger partial charge < -0.3 is 0 Å². The predicted octanol–water partition coefficient (Wildman–Crippen LogP) is 7.34. The van der Waals surface area contributed by atoms with Crippen LogP contribution in [0.3, 0.4) is 0 Å². The smallest absolute Gasteiger partial charge is 0.126 e. The molecule has 1 aliphatic rings. The summed E-state index contributed by atoms with van der Waals surface area (Å²) < 4.78 is 14.8. The molecule has 0 heterocycles. The fourth-order valence-corrected chi connectivity index (χ4v) is 4.28. The Hall–Kier alpha value is -1.89. The van der Waals surface area contributed by atoms with E-state index in [1.54, 1.807) is 6.07 Å². The minimum atomic E-state index is 0.000390. The van der Waals surface area contributed by atoms with Gasteiger partial charge >= 0.3 is 0 Å². The molecule has 144 valence electrons. The zero-order valence-electron chi connectivity index (χ0n) is 16.9. The first-order chi connectivity index (χ1) is 13.2. The summed E-state index contributed by atoms with van der Waals surface area (Å²) in [6.45, 7) is 4.28. The van der Waals surface area contributed by atoms with Crippen molar-refractivity contribution in [3.63, 3.8) is 0 Å². The lowest BCUT2D eigenvalue weighted by Crippen LogP contribution is -2.14. The van der Waals surface area contributed by atoms with Crippen LogP contribution in [-0.2, 0) is 25.7 Å². The molecule has 0 saturated heterocycles. The zero-order chi connectivity index (χ0) is 19.1. The molecule has 0 amide bonds. The van der Waals surface area contributed by atoms with Gasteiger partial charge in [-0.2, -0.15) is 0 Å². The van der Waals surface area contributed by atoms with Crippen molar-refractivity contribution >= 4 is 0 Å². The molecule has 0 saturated carbocycles. The molecule has 1 unspecified atom stereocenters. The van der Waals surface area contributed by atoms with Crippen molar-refractivity contribution in [2.24, 2.45) is 0 Å². The molecule has 0 aromatic heterocycles. The monoisotopic (exact) mass is 364 g/mol. The lowest BCUT2D eigenvalue weighted by molar-refractivity contribution is 0.532. The number of allylic oxidation sites excluding steroid dienone is 2. The van der Waals surface area contributed by atoms with Crippen LogP contribution in [0.25, 0.3) is 0 Å². The van der Waals surface area contributed by atoms with Gasteiger partial charge in [-0.15, -0.1) is 0 Å². The van der Waals surface area contributed by atoms with E-state index >= 15 is 0 Å². The van der Waals surface area contributed by atoms with Crippen LogP contribution in [0.15, 0.2) is 48.6 Å². The second-order valence-corrected chi connectivity index (χ2v) is 7.96. The van der Waals surface area contributed by atoms with Crippen LogP contribution in [-0.4, -0.2) is 0 Å². The quantitative estimate of drug-likeness (QED) is 0.339. The first-order valence-corrected chi connectivity index (χ1v) is 10.7. The summed E-state index contributed by atoms with van der Waals surface area (Å²) in [5.74, 6) is 0.316. The average molecular weight is 365 g/mol. The van der Waals surface area contributed by atoms with E-state index in [1.165, 1.54) is 29.5 Å². The number of aryl methyl sites for hydroxylation is 3. The summed E-state index contributed by atoms with van der Waals surface area (Å²) >= 11 is 0. The molecule has 1 atom stereocenters. The van der Waals surface area contributed by atoms with Crippen LogP contribution in [0.2, 0.25) is 0 Å². The van der Waals surface area contributed by atoms with E-state index in [1.807, 2.05) is 0 Å². The van der Waals surface area contributed by atoms with Gasteiger partial charge in [-0.25, -0.2) is 4.39 Å². The van der Waals surface area contributed by atoms with Crippen molar-refractivity contribution in [1.82, 2.24) is 0 Å². The minimum absolute atomic E-state index is 0.000390. The van der Waals surface area contributed by atoms with Gasteiger partial charge in [0.1, 0.15) is 5.82 Å². The zero-order valence-corrected chi connectivity index (χ0v) is 16.9. The summed E-state index contributed by atoms with van der Waals surface area (Å²) in [5.41, 5.74) is 6.37. The van der Waals surface area contributed by atoms with Crippen LogP contribution in [0.4, 0.5) is 4.39 Å². The predicted molar refractivity (Wildman–Crippen MR) is 114 cm³/mol. The van der Waals surface area contributed by atoms with Gasteiger partial charge in [0.05, 0.1) is 0 Å². The average Bonchev–Trinajstić information content (AvgIpc) is 2.68. The molecule has 0 spiro atoms. The number of fused-ring (bicyclic) bond motifs is 1. The van der Waals surface area contributed by atoms with Crippen LogP contribution in [0.5, 0.6) is 0 Å². The second kappa shape index (κ2) is 9.88. The van der Waals surface area contributed by atoms with Gasteiger partial charge in [0.25, 0.3) is 0 Å². The van der Waals surface area contributed by atoms with Crippen molar-refractivity contribution < 1.29 is 4.39 Å². The third-order valence-corrected chi connectivity index (χ3v) is 5.91. The summed E-state index contributed by atoms with van der Waals surface area (Å²) in [6.07, 6.45) is 14.2. The van der Waals surface area contributed by atoms with Gasteiger partial charge in [-0.3, -0.25) is 0 Å². The Morgan fingerprint density at radius 3 is 2.59 bits per heavy atom. The van der Waals surface area contributed by atoms with E-state index in [2.05, 4.69) is 56.3 Å². The van der Waals surface area contributed by atoms with Crippen molar-refractivity contribution in [3.05, 3.63) is 82.2 Å². The Labute approximate surface area is 164 Å².